The third-order valence-electron chi connectivity index (χ3n) is 3.56. The van der Waals surface area contributed by atoms with Crippen molar-refractivity contribution in [2.45, 2.75) is 25.8 Å². The molecule has 2 amide bonds. The summed E-state index contributed by atoms with van der Waals surface area (Å²) >= 11 is 6.39. The average Bonchev–Trinajstić information content (AvgIpc) is 2.85. The zero-order valence-corrected chi connectivity index (χ0v) is 15.2. The van der Waals surface area contributed by atoms with Gasteiger partial charge in [0.05, 0.1) is 16.9 Å². The molecular weight excluding hydrogens is 360 g/mol. The van der Waals surface area contributed by atoms with E-state index < -0.39 is 17.9 Å². The van der Waals surface area contributed by atoms with Crippen LogP contribution in [0.2, 0.25) is 0 Å². The Bertz CT molecular complexity index is 719. The van der Waals surface area contributed by atoms with Gasteiger partial charge in [0.15, 0.2) is 0 Å². The van der Waals surface area contributed by atoms with E-state index in [4.69, 9.17) is 12.2 Å². The van der Waals surface area contributed by atoms with Crippen LogP contribution in [0.15, 0.2) is 35.2 Å². The fraction of sp³-hybridized carbons (Fsp3) is 0.294. The number of hydrogen-bond acceptors (Lipinski definition) is 6. The Morgan fingerprint density at radius 1 is 1.36 bits per heavy atom. The van der Waals surface area contributed by atoms with Gasteiger partial charge in [0.2, 0.25) is 5.91 Å². The lowest BCUT2D eigenvalue weighted by Gasteiger charge is -2.19. The molecule has 1 aromatic carbocycles. The highest BCUT2D eigenvalue weighted by molar-refractivity contribution is 8.26. The van der Waals surface area contributed by atoms with Crippen LogP contribution in [0.4, 0.5) is 0 Å². The lowest BCUT2D eigenvalue weighted by molar-refractivity contribution is -0.308. The Morgan fingerprint density at radius 2 is 2.04 bits per heavy atom. The number of rotatable bonds is 7. The van der Waals surface area contributed by atoms with Crippen molar-refractivity contribution in [3.8, 4) is 0 Å². The number of thiocarbonyl (C=S) groups is 1. The molecule has 1 aliphatic rings. The first-order valence-corrected chi connectivity index (χ1v) is 8.95. The van der Waals surface area contributed by atoms with Gasteiger partial charge < -0.3 is 15.2 Å². The van der Waals surface area contributed by atoms with Gasteiger partial charge >= 0.3 is 0 Å². The van der Waals surface area contributed by atoms with E-state index in [0.29, 0.717) is 9.23 Å². The highest BCUT2D eigenvalue weighted by atomic mass is 32.2. The molecule has 6 nitrogen and oxygen atoms in total. The largest absolute Gasteiger partial charge is 0.548 e. The van der Waals surface area contributed by atoms with Gasteiger partial charge in [-0.05, 0) is 18.1 Å². The van der Waals surface area contributed by atoms with Crippen LogP contribution in [-0.4, -0.2) is 39.6 Å². The lowest BCUT2D eigenvalue weighted by atomic mass is 10.2. The van der Waals surface area contributed by atoms with E-state index in [1.807, 2.05) is 30.3 Å². The molecule has 25 heavy (non-hydrogen) atoms. The zero-order chi connectivity index (χ0) is 18.4. The number of carbonyl (C=O) groups is 3. The van der Waals surface area contributed by atoms with E-state index in [2.05, 4.69) is 5.32 Å². The normalized spacial score (nSPS) is 17.0. The Morgan fingerprint density at radius 3 is 2.64 bits per heavy atom. The molecule has 0 unspecified atom stereocenters. The first-order valence-electron chi connectivity index (χ1n) is 7.73. The van der Waals surface area contributed by atoms with Gasteiger partial charge in [-0.15, -0.1) is 0 Å². The maximum absolute atomic E-state index is 12.4. The summed E-state index contributed by atoms with van der Waals surface area (Å²) in [7, 11) is 0. The predicted molar refractivity (Wildman–Crippen MR) is 98.2 cm³/mol. The monoisotopic (exact) mass is 377 g/mol. The van der Waals surface area contributed by atoms with Crippen molar-refractivity contribution in [3.63, 3.8) is 0 Å². The molecule has 2 rings (SSSR count). The first-order chi connectivity index (χ1) is 11.9. The van der Waals surface area contributed by atoms with E-state index in [1.54, 1.807) is 13.0 Å². The number of nitrogens with one attached hydrogen (secondary N) is 1. The number of amides is 2. The Hall–Kier alpha value is -2.19. The Labute approximate surface area is 155 Å². The predicted octanol–water partition coefficient (Wildman–Crippen LogP) is 0.923. The number of aliphatic carboxylic acids is 1. The van der Waals surface area contributed by atoms with Crippen molar-refractivity contribution < 1.29 is 19.5 Å². The number of carboxylic acid groups (broad SMARTS) is 1. The van der Waals surface area contributed by atoms with Crippen molar-refractivity contribution in [1.82, 2.24) is 10.2 Å². The molecule has 1 heterocycles. The van der Waals surface area contributed by atoms with Gasteiger partial charge in [0.25, 0.3) is 5.91 Å². The van der Waals surface area contributed by atoms with Crippen molar-refractivity contribution in [2.24, 2.45) is 0 Å². The molecule has 0 aromatic heterocycles. The first kappa shape index (κ1) is 19.1. The summed E-state index contributed by atoms with van der Waals surface area (Å²) in [6.45, 7) is 1.74. The number of benzene rings is 1. The van der Waals surface area contributed by atoms with Gasteiger partial charge in [0, 0.05) is 13.0 Å². The second-order valence-electron chi connectivity index (χ2n) is 5.34. The van der Waals surface area contributed by atoms with Crippen LogP contribution in [0, 0.1) is 0 Å². The second kappa shape index (κ2) is 8.77. The van der Waals surface area contributed by atoms with Crippen molar-refractivity contribution in [2.75, 3.05) is 6.54 Å². The molecule has 1 atom stereocenters. The number of hydrogen-bond donors (Lipinski definition) is 1. The molecule has 1 aromatic rings. The van der Waals surface area contributed by atoms with Crippen LogP contribution in [0.5, 0.6) is 0 Å². The van der Waals surface area contributed by atoms with Crippen LogP contribution < -0.4 is 10.4 Å². The van der Waals surface area contributed by atoms with E-state index in [0.717, 1.165) is 5.56 Å². The van der Waals surface area contributed by atoms with Gasteiger partial charge in [-0.2, -0.15) is 0 Å². The van der Waals surface area contributed by atoms with Gasteiger partial charge in [-0.3, -0.25) is 14.5 Å². The van der Waals surface area contributed by atoms with Crippen LogP contribution in [0.1, 0.15) is 25.3 Å². The van der Waals surface area contributed by atoms with Gasteiger partial charge in [-0.1, -0.05) is 61.2 Å². The number of carbonyl (C=O) groups excluding carboxylic acids is 3. The van der Waals surface area contributed by atoms with Crippen molar-refractivity contribution in [3.05, 3.63) is 40.8 Å². The average molecular weight is 377 g/mol. The fourth-order valence-electron chi connectivity index (χ4n) is 2.20. The SMILES string of the molecule is CC[C@@H](NC(=O)CCN1C(=O)/C(=C\c2ccccc2)SC1=S)C(=O)[O-]. The van der Waals surface area contributed by atoms with Crippen molar-refractivity contribution in [1.29, 1.82) is 0 Å². The number of thioether (sulfide) groups is 1. The molecule has 1 aliphatic heterocycles. The third kappa shape index (κ3) is 5.14. The summed E-state index contributed by atoms with van der Waals surface area (Å²) < 4.78 is 0.381. The van der Waals surface area contributed by atoms with E-state index >= 15 is 0 Å². The van der Waals surface area contributed by atoms with E-state index in [1.165, 1.54) is 16.7 Å². The number of nitrogens with zero attached hydrogens (tertiary/aromatic N) is 1. The standard InChI is InChI=1S/C17H18N2O4S2/c1-2-12(16(22)23)18-14(20)8-9-19-15(21)13(25-17(19)24)10-11-6-4-3-5-7-11/h3-7,10,12H,2,8-9H2,1H3,(H,18,20)(H,22,23)/p-1/b13-10+/t12-/m1/s1. The highest BCUT2D eigenvalue weighted by Crippen LogP contribution is 2.32. The summed E-state index contributed by atoms with van der Waals surface area (Å²) in [6, 6.07) is 8.36. The molecule has 1 N–H and O–H groups in total. The smallest absolute Gasteiger partial charge is 0.266 e. The van der Waals surface area contributed by atoms with E-state index in [9.17, 15) is 19.5 Å². The molecule has 0 bridgehead atoms. The van der Waals surface area contributed by atoms with Crippen LogP contribution in [-0.2, 0) is 14.4 Å². The molecule has 0 aliphatic carbocycles. The Kier molecular flexibility index (Phi) is 6.72. The molecule has 0 spiro atoms. The minimum atomic E-state index is -1.33. The molecule has 0 saturated carbocycles. The summed E-state index contributed by atoms with van der Waals surface area (Å²) in [5.41, 5.74) is 0.889. The summed E-state index contributed by atoms with van der Waals surface area (Å²) in [5.74, 6) is -2.04. The molecule has 1 saturated heterocycles. The van der Waals surface area contributed by atoms with Crippen LogP contribution in [0.25, 0.3) is 6.08 Å². The van der Waals surface area contributed by atoms with Crippen molar-refractivity contribution >= 4 is 52.2 Å². The molecule has 0 radical (unpaired) electrons. The van der Waals surface area contributed by atoms with Gasteiger partial charge in [-0.25, -0.2) is 0 Å². The summed E-state index contributed by atoms with van der Waals surface area (Å²) in [5, 5.41) is 13.2. The quantitative estimate of drug-likeness (QED) is 0.561. The van der Waals surface area contributed by atoms with Gasteiger partial charge in [0.1, 0.15) is 4.32 Å². The lowest BCUT2D eigenvalue weighted by Crippen LogP contribution is -2.48. The minimum Gasteiger partial charge on any atom is -0.548 e. The zero-order valence-electron chi connectivity index (χ0n) is 13.6. The molecule has 132 valence electrons. The number of carboxylic acids is 1. The summed E-state index contributed by atoms with van der Waals surface area (Å²) in [4.78, 5) is 37.0. The van der Waals surface area contributed by atoms with Crippen LogP contribution in [0.3, 0.4) is 0 Å². The van der Waals surface area contributed by atoms with Crippen LogP contribution >= 0.6 is 24.0 Å². The fourth-order valence-corrected chi connectivity index (χ4v) is 3.51. The topological polar surface area (TPSA) is 89.5 Å². The van der Waals surface area contributed by atoms with E-state index in [-0.39, 0.29) is 25.3 Å². The second-order valence-corrected chi connectivity index (χ2v) is 7.02. The molecule has 1 fully saturated rings. The Balaban J connectivity index is 1.96. The summed E-state index contributed by atoms with van der Waals surface area (Å²) in [6.07, 6.45) is 1.95. The maximum Gasteiger partial charge on any atom is 0.266 e. The molecular formula is C17H17N2O4S2-. The molecule has 8 heteroatoms. The highest BCUT2D eigenvalue weighted by Gasteiger charge is 2.32. The third-order valence-corrected chi connectivity index (χ3v) is 4.94. The minimum absolute atomic E-state index is 0.0329. The maximum atomic E-state index is 12.4.